The molecular formula is C13H14FN3. The molecule has 0 saturated heterocycles. The molecule has 2 aromatic rings. The predicted octanol–water partition coefficient (Wildman–Crippen LogP) is 3.02. The summed E-state index contributed by atoms with van der Waals surface area (Å²) in [6, 6.07) is 6.65. The SMILES string of the molecule is CCNc1nccc(-c2cc(C)cc(F)c2)n1. The van der Waals surface area contributed by atoms with Crippen LogP contribution >= 0.6 is 0 Å². The van der Waals surface area contributed by atoms with Crippen molar-refractivity contribution in [1.29, 1.82) is 0 Å². The van der Waals surface area contributed by atoms with Crippen LogP contribution in [0.5, 0.6) is 0 Å². The third-order valence-corrected chi connectivity index (χ3v) is 2.33. The highest BCUT2D eigenvalue weighted by atomic mass is 19.1. The van der Waals surface area contributed by atoms with Gasteiger partial charge in [0.1, 0.15) is 5.82 Å². The molecule has 1 aromatic carbocycles. The summed E-state index contributed by atoms with van der Waals surface area (Å²) in [6.45, 7) is 4.59. The first-order valence-electron chi connectivity index (χ1n) is 5.53. The maximum absolute atomic E-state index is 13.3. The van der Waals surface area contributed by atoms with E-state index in [2.05, 4.69) is 15.3 Å². The molecule has 1 aromatic heterocycles. The monoisotopic (exact) mass is 231 g/mol. The van der Waals surface area contributed by atoms with Gasteiger partial charge in [-0.1, -0.05) is 0 Å². The Hall–Kier alpha value is -1.97. The van der Waals surface area contributed by atoms with E-state index in [1.165, 1.54) is 12.1 Å². The number of aryl methyl sites for hydroxylation is 1. The van der Waals surface area contributed by atoms with Gasteiger partial charge in [0.25, 0.3) is 0 Å². The molecule has 88 valence electrons. The van der Waals surface area contributed by atoms with Crippen LogP contribution in [0.4, 0.5) is 10.3 Å². The molecular weight excluding hydrogens is 217 g/mol. The van der Waals surface area contributed by atoms with Crippen molar-refractivity contribution >= 4 is 5.95 Å². The van der Waals surface area contributed by atoms with Crippen molar-refractivity contribution in [2.75, 3.05) is 11.9 Å². The molecule has 1 heterocycles. The Kier molecular flexibility index (Phi) is 3.32. The highest BCUT2D eigenvalue weighted by Crippen LogP contribution is 2.20. The van der Waals surface area contributed by atoms with Crippen LogP contribution in [0.3, 0.4) is 0 Å². The molecule has 0 saturated carbocycles. The normalized spacial score (nSPS) is 10.3. The predicted molar refractivity (Wildman–Crippen MR) is 66.3 cm³/mol. The summed E-state index contributed by atoms with van der Waals surface area (Å²) in [4.78, 5) is 8.41. The smallest absolute Gasteiger partial charge is 0.223 e. The van der Waals surface area contributed by atoms with Gasteiger partial charge >= 0.3 is 0 Å². The van der Waals surface area contributed by atoms with Crippen LogP contribution in [0.25, 0.3) is 11.3 Å². The molecule has 0 bridgehead atoms. The minimum absolute atomic E-state index is 0.247. The number of halogens is 1. The van der Waals surface area contributed by atoms with Crippen molar-refractivity contribution in [1.82, 2.24) is 9.97 Å². The standard InChI is InChI=1S/C13H14FN3/c1-3-15-13-16-5-4-12(17-13)10-6-9(2)7-11(14)8-10/h4-8H,3H2,1-2H3,(H,15,16,17). The second-order valence-corrected chi connectivity index (χ2v) is 3.81. The van der Waals surface area contributed by atoms with Crippen LogP contribution in [0.15, 0.2) is 30.5 Å². The average molecular weight is 231 g/mol. The number of rotatable bonds is 3. The van der Waals surface area contributed by atoms with Gasteiger partial charge in [-0.05, 0) is 43.7 Å². The zero-order chi connectivity index (χ0) is 12.3. The van der Waals surface area contributed by atoms with Crippen LogP contribution in [0.1, 0.15) is 12.5 Å². The van der Waals surface area contributed by atoms with E-state index in [4.69, 9.17) is 0 Å². The molecule has 0 fully saturated rings. The Morgan fingerprint density at radius 2 is 2.12 bits per heavy atom. The van der Waals surface area contributed by atoms with E-state index in [-0.39, 0.29) is 5.82 Å². The Morgan fingerprint density at radius 1 is 1.29 bits per heavy atom. The van der Waals surface area contributed by atoms with Crippen LogP contribution in [0.2, 0.25) is 0 Å². The first-order chi connectivity index (χ1) is 8.19. The van der Waals surface area contributed by atoms with Gasteiger partial charge in [-0.25, -0.2) is 14.4 Å². The number of benzene rings is 1. The van der Waals surface area contributed by atoms with E-state index in [1.54, 1.807) is 12.3 Å². The van der Waals surface area contributed by atoms with Crippen molar-refractivity contribution in [3.63, 3.8) is 0 Å². The Labute approximate surface area is 99.7 Å². The molecule has 1 N–H and O–H groups in total. The highest BCUT2D eigenvalue weighted by Gasteiger charge is 2.04. The molecule has 4 heteroatoms. The largest absolute Gasteiger partial charge is 0.354 e. The maximum atomic E-state index is 13.3. The molecule has 0 unspecified atom stereocenters. The fourth-order valence-corrected chi connectivity index (χ4v) is 1.65. The number of anilines is 1. The molecule has 17 heavy (non-hydrogen) atoms. The lowest BCUT2D eigenvalue weighted by Gasteiger charge is -2.05. The minimum atomic E-state index is -0.247. The Balaban J connectivity index is 2.41. The molecule has 0 amide bonds. The second kappa shape index (κ2) is 4.91. The summed E-state index contributed by atoms with van der Waals surface area (Å²) in [5.41, 5.74) is 2.37. The summed E-state index contributed by atoms with van der Waals surface area (Å²) in [6.07, 6.45) is 1.67. The molecule has 3 nitrogen and oxygen atoms in total. The molecule has 0 spiro atoms. The molecule has 0 aliphatic heterocycles. The van der Waals surface area contributed by atoms with Crippen molar-refractivity contribution < 1.29 is 4.39 Å². The van der Waals surface area contributed by atoms with Crippen molar-refractivity contribution in [3.05, 3.63) is 41.8 Å². The number of nitrogens with one attached hydrogen (secondary N) is 1. The number of hydrogen-bond donors (Lipinski definition) is 1. The average Bonchev–Trinajstić information content (AvgIpc) is 2.28. The third kappa shape index (κ3) is 2.78. The molecule has 2 rings (SSSR count). The third-order valence-electron chi connectivity index (χ3n) is 2.33. The fourth-order valence-electron chi connectivity index (χ4n) is 1.65. The quantitative estimate of drug-likeness (QED) is 0.882. The van der Waals surface area contributed by atoms with E-state index in [9.17, 15) is 4.39 Å². The van der Waals surface area contributed by atoms with E-state index < -0.39 is 0 Å². The van der Waals surface area contributed by atoms with Gasteiger partial charge in [-0.2, -0.15) is 0 Å². The Morgan fingerprint density at radius 3 is 2.82 bits per heavy atom. The van der Waals surface area contributed by atoms with Crippen molar-refractivity contribution in [2.45, 2.75) is 13.8 Å². The van der Waals surface area contributed by atoms with Gasteiger partial charge in [0, 0.05) is 18.3 Å². The van der Waals surface area contributed by atoms with Crippen LogP contribution < -0.4 is 5.32 Å². The lowest BCUT2D eigenvalue weighted by molar-refractivity contribution is 0.627. The van der Waals surface area contributed by atoms with E-state index >= 15 is 0 Å². The molecule has 0 aliphatic carbocycles. The van der Waals surface area contributed by atoms with Crippen LogP contribution in [0, 0.1) is 12.7 Å². The van der Waals surface area contributed by atoms with Crippen molar-refractivity contribution in [3.8, 4) is 11.3 Å². The lowest BCUT2D eigenvalue weighted by atomic mass is 10.1. The summed E-state index contributed by atoms with van der Waals surface area (Å²) >= 11 is 0. The van der Waals surface area contributed by atoms with Gasteiger partial charge in [0.15, 0.2) is 0 Å². The zero-order valence-corrected chi connectivity index (χ0v) is 9.87. The summed E-state index contributed by atoms with van der Waals surface area (Å²) in [5, 5.41) is 3.03. The van der Waals surface area contributed by atoms with Crippen molar-refractivity contribution in [2.24, 2.45) is 0 Å². The van der Waals surface area contributed by atoms with E-state index in [0.29, 0.717) is 5.95 Å². The van der Waals surface area contributed by atoms with Crippen LogP contribution in [-0.2, 0) is 0 Å². The maximum Gasteiger partial charge on any atom is 0.223 e. The zero-order valence-electron chi connectivity index (χ0n) is 9.87. The Bertz CT molecular complexity index is 506. The molecule has 0 atom stereocenters. The number of aromatic nitrogens is 2. The second-order valence-electron chi connectivity index (χ2n) is 3.81. The first kappa shape index (κ1) is 11.5. The van der Waals surface area contributed by atoms with Crippen LogP contribution in [-0.4, -0.2) is 16.5 Å². The summed E-state index contributed by atoms with van der Waals surface area (Å²) in [5.74, 6) is 0.315. The van der Waals surface area contributed by atoms with Gasteiger partial charge in [-0.3, -0.25) is 0 Å². The van der Waals surface area contributed by atoms with E-state index in [1.807, 2.05) is 19.9 Å². The van der Waals surface area contributed by atoms with Gasteiger partial charge < -0.3 is 5.32 Å². The lowest BCUT2D eigenvalue weighted by Crippen LogP contribution is -2.02. The molecule has 0 aliphatic rings. The highest BCUT2D eigenvalue weighted by molar-refractivity contribution is 5.61. The first-order valence-corrected chi connectivity index (χ1v) is 5.53. The van der Waals surface area contributed by atoms with Gasteiger partial charge in [-0.15, -0.1) is 0 Å². The van der Waals surface area contributed by atoms with Gasteiger partial charge in [0.05, 0.1) is 5.69 Å². The number of nitrogens with zero attached hydrogens (tertiary/aromatic N) is 2. The topological polar surface area (TPSA) is 37.8 Å². The fraction of sp³-hybridized carbons (Fsp3) is 0.231. The summed E-state index contributed by atoms with van der Waals surface area (Å²) < 4.78 is 13.3. The molecule has 0 radical (unpaired) electrons. The number of hydrogen-bond acceptors (Lipinski definition) is 3. The van der Waals surface area contributed by atoms with Gasteiger partial charge in [0.2, 0.25) is 5.95 Å². The van der Waals surface area contributed by atoms with E-state index in [0.717, 1.165) is 23.4 Å². The summed E-state index contributed by atoms with van der Waals surface area (Å²) in [7, 11) is 0. The minimum Gasteiger partial charge on any atom is -0.354 e.